The number of nitrogens with one attached hydrogen (secondary N) is 1. The first-order valence-corrected chi connectivity index (χ1v) is 9.28. The third-order valence-corrected chi connectivity index (χ3v) is 5.56. The monoisotopic (exact) mass is 331 g/mol. The van der Waals surface area contributed by atoms with Crippen LogP contribution in [-0.2, 0) is 0 Å². The van der Waals surface area contributed by atoms with Crippen molar-refractivity contribution in [3.8, 4) is 0 Å². The molecule has 0 bridgehead atoms. The fourth-order valence-electron chi connectivity index (χ4n) is 3.70. The van der Waals surface area contributed by atoms with Crippen LogP contribution in [0.5, 0.6) is 0 Å². The lowest BCUT2D eigenvalue weighted by molar-refractivity contribution is 0.0913. The van der Waals surface area contributed by atoms with Gasteiger partial charge in [-0.3, -0.25) is 4.79 Å². The predicted octanol–water partition coefficient (Wildman–Crippen LogP) is 2.60. The van der Waals surface area contributed by atoms with Gasteiger partial charge < -0.3 is 15.3 Å². The lowest BCUT2D eigenvalue weighted by atomic mass is 9.86. The summed E-state index contributed by atoms with van der Waals surface area (Å²) in [5.41, 5.74) is 0.633. The number of aromatic nitrogens is 1. The van der Waals surface area contributed by atoms with Gasteiger partial charge in [0.05, 0.1) is 5.56 Å². The summed E-state index contributed by atoms with van der Waals surface area (Å²) in [7, 11) is 0. The number of amides is 1. The minimum Gasteiger partial charge on any atom is -0.396 e. The van der Waals surface area contributed by atoms with E-state index in [0.29, 0.717) is 11.5 Å². The van der Waals surface area contributed by atoms with E-state index in [1.54, 1.807) is 6.20 Å². The highest BCUT2D eigenvalue weighted by Crippen LogP contribution is 2.24. The minimum atomic E-state index is -0.0336. The van der Waals surface area contributed by atoms with E-state index in [-0.39, 0.29) is 18.6 Å². The summed E-state index contributed by atoms with van der Waals surface area (Å²) in [5.74, 6) is 2.15. The molecule has 2 N–H and O–H groups in total. The maximum Gasteiger partial charge on any atom is 0.253 e. The van der Waals surface area contributed by atoms with E-state index in [1.807, 2.05) is 12.1 Å². The minimum absolute atomic E-state index is 0.0336. The first-order valence-electron chi connectivity index (χ1n) is 9.28. The molecule has 24 heavy (non-hydrogen) atoms. The molecule has 2 heterocycles. The Kier molecular flexibility index (Phi) is 5.72. The van der Waals surface area contributed by atoms with Crippen LogP contribution in [0, 0.1) is 11.8 Å². The van der Waals surface area contributed by atoms with E-state index in [4.69, 9.17) is 0 Å². The summed E-state index contributed by atoms with van der Waals surface area (Å²) in [6, 6.07) is 4.08. The third kappa shape index (κ3) is 4.26. The number of carbonyl (C=O) groups is 1. The normalized spacial score (nSPS) is 25.5. The van der Waals surface area contributed by atoms with E-state index in [1.165, 1.54) is 12.8 Å². The van der Waals surface area contributed by atoms with Crippen LogP contribution in [0.1, 0.15) is 55.8 Å². The number of pyridine rings is 1. The fourth-order valence-corrected chi connectivity index (χ4v) is 3.70. The van der Waals surface area contributed by atoms with Crippen molar-refractivity contribution in [1.29, 1.82) is 0 Å². The summed E-state index contributed by atoms with van der Waals surface area (Å²) in [6.07, 6.45) is 8.00. The van der Waals surface area contributed by atoms with E-state index in [0.717, 1.165) is 50.5 Å². The Bertz CT molecular complexity index is 530. The second-order valence-electron chi connectivity index (χ2n) is 7.45. The molecule has 3 rings (SSSR count). The van der Waals surface area contributed by atoms with Gasteiger partial charge in [0, 0.05) is 31.9 Å². The predicted molar refractivity (Wildman–Crippen MR) is 95.1 cm³/mol. The van der Waals surface area contributed by atoms with E-state index in [2.05, 4.69) is 22.1 Å². The van der Waals surface area contributed by atoms with Gasteiger partial charge in [0.25, 0.3) is 5.91 Å². The van der Waals surface area contributed by atoms with Gasteiger partial charge in [0.15, 0.2) is 0 Å². The highest BCUT2D eigenvalue weighted by Gasteiger charge is 2.22. The Morgan fingerprint density at radius 1 is 1.21 bits per heavy atom. The number of rotatable bonds is 4. The Morgan fingerprint density at radius 2 is 1.92 bits per heavy atom. The molecule has 1 aliphatic carbocycles. The van der Waals surface area contributed by atoms with Gasteiger partial charge >= 0.3 is 0 Å². The topological polar surface area (TPSA) is 65.5 Å². The van der Waals surface area contributed by atoms with Crippen LogP contribution in [0.2, 0.25) is 0 Å². The molecule has 1 saturated heterocycles. The molecule has 1 aliphatic heterocycles. The zero-order valence-corrected chi connectivity index (χ0v) is 14.6. The molecule has 1 saturated carbocycles. The first-order chi connectivity index (χ1) is 11.7. The van der Waals surface area contributed by atoms with Crippen LogP contribution in [-0.4, -0.2) is 41.7 Å². The van der Waals surface area contributed by atoms with Crippen molar-refractivity contribution in [3.63, 3.8) is 0 Å². The number of hydrogen-bond acceptors (Lipinski definition) is 4. The molecule has 0 unspecified atom stereocenters. The lowest BCUT2D eigenvalue weighted by Crippen LogP contribution is -2.38. The fraction of sp³-hybridized carbons (Fsp3) is 0.684. The van der Waals surface area contributed by atoms with E-state index >= 15 is 0 Å². The zero-order chi connectivity index (χ0) is 16.9. The summed E-state index contributed by atoms with van der Waals surface area (Å²) < 4.78 is 0. The summed E-state index contributed by atoms with van der Waals surface area (Å²) in [5, 5.41) is 12.3. The number of carbonyl (C=O) groups excluding carboxylic acids is 1. The zero-order valence-electron chi connectivity index (χ0n) is 14.6. The summed E-state index contributed by atoms with van der Waals surface area (Å²) in [6.45, 7) is 4.66. The molecule has 1 aromatic rings. The van der Waals surface area contributed by atoms with Gasteiger partial charge in [0.1, 0.15) is 5.82 Å². The first kappa shape index (κ1) is 17.2. The van der Waals surface area contributed by atoms with Crippen LogP contribution in [0.25, 0.3) is 0 Å². The molecule has 1 aromatic heterocycles. The SMILES string of the molecule is CC1CCN(c2ccc(C(=O)NC3CCC(CO)CC3)cn2)CC1. The van der Waals surface area contributed by atoms with Crippen LogP contribution < -0.4 is 10.2 Å². The molecular formula is C19H29N3O2. The molecule has 132 valence electrons. The maximum absolute atomic E-state index is 12.4. The van der Waals surface area contributed by atoms with Crippen molar-refractivity contribution in [2.45, 2.75) is 51.5 Å². The van der Waals surface area contributed by atoms with Crippen molar-refractivity contribution in [1.82, 2.24) is 10.3 Å². The molecule has 1 amide bonds. The standard InChI is InChI=1S/C19H29N3O2/c1-14-8-10-22(11-9-14)18-7-4-16(12-20-18)19(24)21-17-5-2-15(13-23)3-6-17/h4,7,12,14-15,17,23H,2-3,5-6,8-11,13H2,1H3,(H,21,24). The molecule has 0 atom stereocenters. The summed E-state index contributed by atoms with van der Waals surface area (Å²) in [4.78, 5) is 19.2. The quantitative estimate of drug-likeness (QED) is 0.890. The molecular weight excluding hydrogens is 302 g/mol. The van der Waals surface area contributed by atoms with Gasteiger partial charge in [-0.1, -0.05) is 6.92 Å². The van der Waals surface area contributed by atoms with Crippen LogP contribution in [0.3, 0.4) is 0 Å². The molecule has 5 heteroatoms. The number of nitrogens with zero attached hydrogens (tertiary/aromatic N) is 2. The highest BCUT2D eigenvalue weighted by atomic mass is 16.3. The highest BCUT2D eigenvalue weighted by molar-refractivity contribution is 5.94. The Balaban J connectivity index is 1.52. The van der Waals surface area contributed by atoms with E-state index < -0.39 is 0 Å². The average Bonchev–Trinajstić information content (AvgIpc) is 2.63. The van der Waals surface area contributed by atoms with Crippen molar-refractivity contribution in [2.75, 3.05) is 24.6 Å². The number of anilines is 1. The van der Waals surface area contributed by atoms with Crippen LogP contribution in [0.15, 0.2) is 18.3 Å². The van der Waals surface area contributed by atoms with Crippen molar-refractivity contribution in [2.24, 2.45) is 11.8 Å². The van der Waals surface area contributed by atoms with Gasteiger partial charge in [-0.2, -0.15) is 0 Å². The molecule has 0 spiro atoms. The van der Waals surface area contributed by atoms with Crippen LogP contribution >= 0.6 is 0 Å². The Hall–Kier alpha value is -1.62. The van der Waals surface area contributed by atoms with Gasteiger partial charge in [0.2, 0.25) is 0 Å². The van der Waals surface area contributed by atoms with Crippen molar-refractivity contribution in [3.05, 3.63) is 23.9 Å². The van der Waals surface area contributed by atoms with E-state index in [9.17, 15) is 9.90 Å². The smallest absolute Gasteiger partial charge is 0.253 e. The molecule has 0 radical (unpaired) electrons. The van der Waals surface area contributed by atoms with Gasteiger partial charge in [-0.15, -0.1) is 0 Å². The molecule has 0 aromatic carbocycles. The number of aliphatic hydroxyl groups is 1. The van der Waals surface area contributed by atoms with Crippen molar-refractivity contribution >= 4 is 11.7 Å². The lowest BCUT2D eigenvalue weighted by Gasteiger charge is -2.31. The molecule has 5 nitrogen and oxygen atoms in total. The third-order valence-electron chi connectivity index (χ3n) is 5.56. The average molecular weight is 331 g/mol. The maximum atomic E-state index is 12.4. The summed E-state index contributed by atoms with van der Waals surface area (Å²) >= 11 is 0. The van der Waals surface area contributed by atoms with Crippen LogP contribution in [0.4, 0.5) is 5.82 Å². The largest absolute Gasteiger partial charge is 0.396 e. The van der Waals surface area contributed by atoms with Gasteiger partial charge in [-0.05, 0) is 62.5 Å². The molecule has 2 fully saturated rings. The second kappa shape index (κ2) is 7.97. The molecule has 2 aliphatic rings. The Morgan fingerprint density at radius 3 is 2.50 bits per heavy atom. The number of aliphatic hydroxyl groups excluding tert-OH is 1. The Labute approximate surface area is 144 Å². The second-order valence-corrected chi connectivity index (χ2v) is 7.45. The van der Waals surface area contributed by atoms with Gasteiger partial charge in [-0.25, -0.2) is 4.98 Å². The number of piperidine rings is 1. The number of hydrogen-bond donors (Lipinski definition) is 2. The van der Waals surface area contributed by atoms with Crippen molar-refractivity contribution < 1.29 is 9.90 Å².